The van der Waals surface area contributed by atoms with Gasteiger partial charge in [0.05, 0.1) is 33.0 Å². The molecule has 34 nitrogen and oxygen atoms in total. The molecule has 0 fully saturated rings. The second kappa shape index (κ2) is 41.6. The van der Waals surface area contributed by atoms with Crippen LogP contribution in [-0.2, 0) is 28.5 Å². The third kappa shape index (κ3) is 36.2. The first-order valence-corrected chi connectivity index (χ1v) is 19.0. The minimum absolute atomic E-state index is 0.0258. The van der Waals surface area contributed by atoms with E-state index in [-0.39, 0.29) is 31.4 Å². The van der Waals surface area contributed by atoms with Gasteiger partial charge in [0.15, 0.2) is 31.4 Å². The first-order chi connectivity index (χ1) is 29.7. The quantitative estimate of drug-likeness (QED) is 0.0298. The fourth-order valence-corrected chi connectivity index (χ4v) is 3.09. The Balaban J connectivity index is -0.000000163. The van der Waals surface area contributed by atoms with Gasteiger partial charge in [-0.15, -0.1) is 0 Å². The number of carbonyl (C=O) groups excluding carboxylic acids is 5. The van der Waals surface area contributed by atoms with Gasteiger partial charge in [-0.1, -0.05) is 0 Å². The molecule has 0 spiro atoms. The Hall–Kier alpha value is -2.54. The summed E-state index contributed by atoms with van der Waals surface area (Å²) in [6.45, 7) is -3.80. The molecular formula is C30H63O34P. The predicted molar refractivity (Wildman–Crippen MR) is 200 cm³/mol. The lowest BCUT2D eigenvalue weighted by Crippen LogP contribution is -2.46. The van der Waals surface area contributed by atoms with E-state index >= 15 is 0 Å². The maximum atomic E-state index is 9.90. The van der Waals surface area contributed by atoms with Crippen LogP contribution in [0.3, 0.4) is 0 Å². The molecule has 0 aromatic rings. The van der Waals surface area contributed by atoms with Gasteiger partial charge in [-0.3, -0.25) is 0 Å². The smallest absolute Gasteiger partial charge is 0.394 e. The number of hydrogen-bond acceptors (Lipinski definition) is 31. The zero-order valence-corrected chi connectivity index (χ0v) is 34.3. The molecule has 0 heterocycles. The average Bonchev–Trinajstić information content (AvgIpc) is 3.31. The Labute approximate surface area is 365 Å². The van der Waals surface area contributed by atoms with Crippen molar-refractivity contribution in [2.24, 2.45) is 0 Å². The van der Waals surface area contributed by atoms with E-state index < -0.39 is 163 Å². The van der Waals surface area contributed by atoms with Crippen molar-refractivity contribution in [2.45, 2.75) is 122 Å². The molecule has 0 unspecified atom stereocenters. The number of rotatable bonds is 25. The van der Waals surface area contributed by atoms with Crippen LogP contribution in [0.2, 0.25) is 0 Å². The van der Waals surface area contributed by atoms with Crippen molar-refractivity contribution in [2.75, 3.05) is 33.0 Å². The molecule has 392 valence electrons. The van der Waals surface area contributed by atoms with E-state index in [0.717, 1.165) is 0 Å². The highest BCUT2D eigenvalue weighted by Crippen LogP contribution is 2.25. The van der Waals surface area contributed by atoms with Gasteiger partial charge < -0.3 is 166 Å². The lowest BCUT2D eigenvalue weighted by molar-refractivity contribution is -0.136. The number of carbonyl (C=O) groups is 5. The van der Waals surface area contributed by atoms with Gasteiger partial charge in [0.1, 0.15) is 122 Å². The lowest BCUT2D eigenvalue weighted by atomic mass is 10.0. The Bertz CT molecular complexity index is 1020. The standard InChI is InChI=1S/5C6H12O6.H3O4P/c5*7-1-3(9)5(11)6(12)4(10)2-8;1-5(2,3)4/h5*1,3-6,8-12H,2H2;(H3,1,2,3,4)/t5*3-,4-,5-,6-;/m11111./s1. The topological polar surface area (TPSA) is 669 Å². The second-order valence-electron chi connectivity index (χ2n) is 12.3. The van der Waals surface area contributed by atoms with Gasteiger partial charge in [-0.25, -0.2) is 4.57 Å². The van der Waals surface area contributed by atoms with Crippen molar-refractivity contribution in [3.05, 3.63) is 0 Å². The molecule has 0 amide bonds. The van der Waals surface area contributed by atoms with Gasteiger partial charge in [0.2, 0.25) is 0 Å². The summed E-state index contributed by atoms with van der Waals surface area (Å²) in [5.41, 5.74) is 0. The largest absolute Gasteiger partial charge is 0.466 e. The van der Waals surface area contributed by atoms with E-state index in [1.54, 1.807) is 0 Å². The minimum atomic E-state index is -4.64. The molecule has 0 aliphatic carbocycles. The highest BCUT2D eigenvalue weighted by Gasteiger charge is 2.33. The fourth-order valence-electron chi connectivity index (χ4n) is 3.09. The van der Waals surface area contributed by atoms with Crippen LogP contribution in [0.4, 0.5) is 0 Å². The maximum Gasteiger partial charge on any atom is 0.466 e. The van der Waals surface area contributed by atoms with E-state index in [9.17, 15) is 24.0 Å². The third-order valence-corrected chi connectivity index (χ3v) is 7.10. The first kappa shape index (κ1) is 74.0. The molecule has 0 saturated heterocycles. The molecule has 0 aromatic heterocycles. The zero-order valence-electron chi connectivity index (χ0n) is 33.4. The van der Waals surface area contributed by atoms with Crippen LogP contribution in [0.25, 0.3) is 0 Å². The predicted octanol–water partition coefficient (Wildman–Crippen LogP) is -17.8. The summed E-state index contributed by atoms with van der Waals surface area (Å²) in [7, 11) is -4.64. The molecule has 0 aromatic carbocycles. The summed E-state index contributed by atoms with van der Waals surface area (Å²) >= 11 is 0. The van der Waals surface area contributed by atoms with Crippen molar-refractivity contribution in [1.82, 2.24) is 0 Å². The normalized spacial score (nSPS) is 20.4. The van der Waals surface area contributed by atoms with E-state index in [1.807, 2.05) is 0 Å². The molecule has 0 aliphatic heterocycles. The SMILES string of the molecule is O=C[C@@H](O)[C@@H](O)[C@H](O)[C@H](O)CO.O=C[C@@H](O)[C@@H](O)[C@H](O)[C@H](O)CO.O=C[C@@H](O)[C@@H](O)[C@H](O)[C@H](O)CO.O=C[C@@H](O)[C@@H](O)[C@H](O)[C@H](O)CO.O=C[C@@H](O)[C@@H](O)[C@H](O)[C@H](O)CO.O=P(O)(O)O. The average molecular weight is 999 g/mol. The van der Waals surface area contributed by atoms with E-state index in [0.29, 0.717) is 0 Å². The van der Waals surface area contributed by atoms with Crippen LogP contribution in [0.5, 0.6) is 0 Å². The van der Waals surface area contributed by atoms with Crippen LogP contribution in [0, 0.1) is 0 Å². The molecule has 35 heteroatoms. The van der Waals surface area contributed by atoms with Crippen LogP contribution in [0.1, 0.15) is 0 Å². The zero-order chi connectivity index (χ0) is 53.1. The summed E-state index contributed by atoms with van der Waals surface area (Å²) in [6.07, 6.45) is -34.2. The molecule has 0 bridgehead atoms. The summed E-state index contributed by atoms with van der Waals surface area (Å²) in [5, 5.41) is 218. The molecule has 20 atom stereocenters. The van der Waals surface area contributed by atoms with E-state index in [4.69, 9.17) is 147 Å². The molecule has 0 rings (SSSR count). The molecular weight excluding hydrogens is 935 g/mol. The van der Waals surface area contributed by atoms with Crippen molar-refractivity contribution in [3.63, 3.8) is 0 Å². The van der Waals surface area contributed by atoms with Crippen LogP contribution in [0.15, 0.2) is 0 Å². The van der Waals surface area contributed by atoms with Crippen molar-refractivity contribution < 1.29 is 171 Å². The summed E-state index contributed by atoms with van der Waals surface area (Å²) in [6, 6.07) is 0. The number of hydrogen-bond donors (Lipinski definition) is 28. The van der Waals surface area contributed by atoms with Gasteiger partial charge in [0.25, 0.3) is 0 Å². The number of aldehydes is 5. The molecule has 0 radical (unpaired) electrons. The summed E-state index contributed by atoms with van der Waals surface area (Å²) in [4.78, 5) is 71.0. The van der Waals surface area contributed by atoms with Crippen LogP contribution < -0.4 is 0 Å². The van der Waals surface area contributed by atoms with Gasteiger partial charge in [0, 0.05) is 0 Å². The summed E-state index contributed by atoms with van der Waals surface area (Å²) in [5.74, 6) is 0. The first-order valence-electron chi connectivity index (χ1n) is 17.4. The fraction of sp³-hybridized carbons (Fsp3) is 0.833. The lowest BCUT2D eigenvalue weighted by Gasteiger charge is -2.22. The Kier molecular flexibility index (Phi) is 47.4. The van der Waals surface area contributed by atoms with Crippen LogP contribution in [-0.4, -0.2) is 329 Å². The minimum Gasteiger partial charge on any atom is -0.394 e. The van der Waals surface area contributed by atoms with Crippen molar-refractivity contribution >= 4 is 39.3 Å². The molecule has 0 aliphatic rings. The highest BCUT2D eigenvalue weighted by atomic mass is 31.2. The monoisotopic (exact) mass is 998 g/mol. The van der Waals surface area contributed by atoms with Crippen LogP contribution >= 0.6 is 7.82 Å². The number of aliphatic hydroxyl groups excluding tert-OH is 25. The number of phosphoric acid groups is 1. The second-order valence-corrected chi connectivity index (χ2v) is 13.3. The molecule has 0 saturated carbocycles. The maximum absolute atomic E-state index is 9.90. The van der Waals surface area contributed by atoms with Crippen molar-refractivity contribution in [3.8, 4) is 0 Å². The van der Waals surface area contributed by atoms with Crippen molar-refractivity contribution in [1.29, 1.82) is 0 Å². The Morgan fingerprint density at radius 1 is 0.262 bits per heavy atom. The number of aliphatic hydroxyl groups is 25. The summed E-state index contributed by atoms with van der Waals surface area (Å²) < 4.78 is 8.88. The molecule has 28 N–H and O–H groups in total. The van der Waals surface area contributed by atoms with Gasteiger partial charge in [-0.2, -0.15) is 0 Å². The highest BCUT2D eigenvalue weighted by molar-refractivity contribution is 7.45. The molecule has 65 heavy (non-hydrogen) atoms. The Morgan fingerprint density at radius 2 is 0.354 bits per heavy atom. The van der Waals surface area contributed by atoms with Gasteiger partial charge >= 0.3 is 7.82 Å². The van der Waals surface area contributed by atoms with Gasteiger partial charge in [-0.05, 0) is 0 Å². The Morgan fingerprint density at radius 3 is 0.415 bits per heavy atom. The third-order valence-electron chi connectivity index (χ3n) is 7.10. The van der Waals surface area contributed by atoms with E-state index in [2.05, 4.69) is 0 Å². The van der Waals surface area contributed by atoms with E-state index in [1.165, 1.54) is 0 Å².